The van der Waals surface area contributed by atoms with Gasteiger partial charge in [-0.1, -0.05) is 13.8 Å². The van der Waals surface area contributed by atoms with Gasteiger partial charge in [0.25, 0.3) is 0 Å². The standard InChI is InChI=1S/C12H23NO4S/c1-11(2)3-10-18(14,15)13-6-4-12(5-7-13)16-8-9-17-12/h11H,3-10H2,1-2H3. The molecule has 2 saturated heterocycles. The smallest absolute Gasteiger partial charge is 0.214 e. The number of sulfonamides is 1. The van der Waals surface area contributed by atoms with E-state index in [0.717, 1.165) is 6.42 Å². The second kappa shape index (κ2) is 5.45. The molecule has 2 rings (SSSR count). The Morgan fingerprint density at radius 3 is 2.22 bits per heavy atom. The first kappa shape index (κ1) is 14.2. The van der Waals surface area contributed by atoms with Crippen molar-refractivity contribution >= 4 is 10.0 Å². The highest BCUT2D eigenvalue weighted by atomic mass is 32.2. The van der Waals surface area contributed by atoms with Crippen LogP contribution < -0.4 is 0 Å². The van der Waals surface area contributed by atoms with E-state index in [2.05, 4.69) is 0 Å². The van der Waals surface area contributed by atoms with E-state index in [0.29, 0.717) is 45.1 Å². The molecule has 0 radical (unpaired) electrons. The summed E-state index contributed by atoms with van der Waals surface area (Å²) in [5.41, 5.74) is 0. The molecule has 0 saturated carbocycles. The third-order valence-electron chi connectivity index (χ3n) is 3.64. The lowest BCUT2D eigenvalue weighted by Gasteiger charge is -2.36. The van der Waals surface area contributed by atoms with Gasteiger partial charge in [0, 0.05) is 25.9 Å². The fraction of sp³-hybridized carbons (Fsp3) is 1.00. The first-order chi connectivity index (χ1) is 8.44. The van der Waals surface area contributed by atoms with Crippen molar-refractivity contribution < 1.29 is 17.9 Å². The molecule has 0 aromatic rings. The van der Waals surface area contributed by atoms with Crippen LogP contribution in [0.3, 0.4) is 0 Å². The summed E-state index contributed by atoms with van der Waals surface area (Å²) < 4.78 is 37.1. The number of hydrogen-bond acceptors (Lipinski definition) is 4. The molecule has 2 aliphatic rings. The van der Waals surface area contributed by atoms with Gasteiger partial charge in [-0.2, -0.15) is 0 Å². The van der Waals surface area contributed by atoms with Crippen molar-refractivity contribution in [3.8, 4) is 0 Å². The normalized spacial score (nSPS) is 25.1. The maximum Gasteiger partial charge on any atom is 0.214 e. The van der Waals surface area contributed by atoms with E-state index in [9.17, 15) is 8.42 Å². The summed E-state index contributed by atoms with van der Waals surface area (Å²) in [6.07, 6.45) is 2.01. The van der Waals surface area contributed by atoms with E-state index in [1.165, 1.54) is 0 Å². The zero-order valence-corrected chi connectivity index (χ0v) is 12.0. The lowest BCUT2D eigenvalue weighted by atomic mass is 10.1. The van der Waals surface area contributed by atoms with Crippen molar-refractivity contribution in [3.63, 3.8) is 0 Å². The Hall–Kier alpha value is -0.170. The second-order valence-corrected chi connectivity index (χ2v) is 7.59. The fourth-order valence-electron chi connectivity index (χ4n) is 2.40. The zero-order chi connectivity index (χ0) is 13.2. The molecule has 2 heterocycles. The van der Waals surface area contributed by atoms with E-state index in [1.54, 1.807) is 4.31 Å². The Kier molecular flexibility index (Phi) is 4.31. The van der Waals surface area contributed by atoms with Crippen LogP contribution in [0.5, 0.6) is 0 Å². The maximum atomic E-state index is 12.1. The van der Waals surface area contributed by atoms with Gasteiger partial charge < -0.3 is 9.47 Å². The number of nitrogens with zero attached hydrogens (tertiary/aromatic N) is 1. The van der Waals surface area contributed by atoms with Crippen LogP contribution >= 0.6 is 0 Å². The highest BCUT2D eigenvalue weighted by Gasteiger charge is 2.42. The predicted molar refractivity (Wildman–Crippen MR) is 68.7 cm³/mol. The van der Waals surface area contributed by atoms with E-state index in [4.69, 9.17) is 9.47 Å². The van der Waals surface area contributed by atoms with E-state index in [-0.39, 0.29) is 5.75 Å². The van der Waals surface area contributed by atoms with Crippen molar-refractivity contribution in [2.24, 2.45) is 5.92 Å². The molecule has 2 fully saturated rings. The average Bonchev–Trinajstić information content (AvgIpc) is 2.76. The summed E-state index contributed by atoms with van der Waals surface area (Å²) in [7, 11) is -3.10. The minimum atomic E-state index is -3.10. The van der Waals surface area contributed by atoms with Crippen LogP contribution in [0.1, 0.15) is 33.1 Å². The average molecular weight is 277 g/mol. The van der Waals surface area contributed by atoms with Crippen molar-refractivity contribution in [2.45, 2.75) is 38.9 Å². The Morgan fingerprint density at radius 2 is 1.72 bits per heavy atom. The van der Waals surface area contributed by atoms with Crippen LogP contribution in [0, 0.1) is 5.92 Å². The second-order valence-electron chi connectivity index (χ2n) is 5.51. The first-order valence-corrected chi connectivity index (χ1v) is 8.30. The zero-order valence-electron chi connectivity index (χ0n) is 11.2. The molecule has 106 valence electrons. The lowest BCUT2D eigenvalue weighted by Crippen LogP contribution is -2.47. The molecule has 18 heavy (non-hydrogen) atoms. The first-order valence-electron chi connectivity index (χ1n) is 6.69. The van der Waals surface area contributed by atoms with Crippen LogP contribution in [0.4, 0.5) is 0 Å². The Bertz CT molecular complexity index is 364. The molecule has 0 amide bonds. The van der Waals surface area contributed by atoms with Crippen LogP contribution in [-0.4, -0.2) is 50.6 Å². The van der Waals surface area contributed by atoms with Gasteiger partial charge in [0.15, 0.2) is 5.79 Å². The summed E-state index contributed by atoms with van der Waals surface area (Å²) in [5.74, 6) is 0.168. The number of rotatable bonds is 4. The summed E-state index contributed by atoms with van der Waals surface area (Å²) in [6, 6.07) is 0. The molecule has 6 heteroatoms. The van der Waals surface area contributed by atoms with Gasteiger partial charge >= 0.3 is 0 Å². The molecule has 0 atom stereocenters. The highest BCUT2D eigenvalue weighted by Crippen LogP contribution is 2.32. The largest absolute Gasteiger partial charge is 0.347 e. The molecule has 0 aromatic heterocycles. The fourth-order valence-corrected chi connectivity index (χ4v) is 4.17. The molecular formula is C12H23NO4S. The molecule has 0 aromatic carbocycles. The van der Waals surface area contributed by atoms with Gasteiger partial charge in [0.05, 0.1) is 19.0 Å². The highest BCUT2D eigenvalue weighted by molar-refractivity contribution is 7.89. The third kappa shape index (κ3) is 3.23. The van der Waals surface area contributed by atoms with Crippen LogP contribution in [0.15, 0.2) is 0 Å². The Labute approximate surface area is 109 Å². The van der Waals surface area contributed by atoms with Crippen LogP contribution in [-0.2, 0) is 19.5 Å². The molecule has 1 spiro atoms. The molecule has 0 N–H and O–H groups in total. The minimum Gasteiger partial charge on any atom is -0.347 e. The van der Waals surface area contributed by atoms with Gasteiger partial charge in [0.2, 0.25) is 10.0 Å². The van der Waals surface area contributed by atoms with Crippen molar-refractivity contribution in [2.75, 3.05) is 32.1 Å². The van der Waals surface area contributed by atoms with Crippen LogP contribution in [0.2, 0.25) is 0 Å². The maximum absolute atomic E-state index is 12.1. The van der Waals surface area contributed by atoms with Gasteiger partial charge in [0.1, 0.15) is 0 Å². The molecule has 0 bridgehead atoms. The minimum absolute atomic E-state index is 0.249. The molecule has 0 unspecified atom stereocenters. The topological polar surface area (TPSA) is 55.8 Å². The SMILES string of the molecule is CC(C)CCS(=O)(=O)N1CCC2(CC1)OCCO2. The van der Waals surface area contributed by atoms with Gasteiger partial charge in [-0.3, -0.25) is 0 Å². The number of hydrogen-bond donors (Lipinski definition) is 0. The molecule has 0 aliphatic carbocycles. The number of piperidine rings is 1. The summed E-state index contributed by atoms with van der Waals surface area (Å²) in [5, 5.41) is 0. The summed E-state index contributed by atoms with van der Waals surface area (Å²) in [6.45, 7) is 6.36. The summed E-state index contributed by atoms with van der Waals surface area (Å²) >= 11 is 0. The monoisotopic (exact) mass is 277 g/mol. The van der Waals surface area contributed by atoms with Gasteiger partial charge in [-0.15, -0.1) is 0 Å². The Balaban J connectivity index is 1.88. The van der Waals surface area contributed by atoms with E-state index in [1.807, 2.05) is 13.8 Å². The number of ether oxygens (including phenoxy) is 2. The van der Waals surface area contributed by atoms with Crippen molar-refractivity contribution in [1.29, 1.82) is 0 Å². The van der Waals surface area contributed by atoms with Gasteiger partial charge in [-0.25, -0.2) is 12.7 Å². The van der Waals surface area contributed by atoms with E-state index < -0.39 is 15.8 Å². The predicted octanol–water partition coefficient (Wildman–Crippen LogP) is 1.20. The quantitative estimate of drug-likeness (QED) is 0.775. The molecule has 5 nitrogen and oxygen atoms in total. The lowest BCUT2D eigenvalue weighted by molar-refractivity contribution is -0.179. The van der Waals surface area contributed by atoms with Gasteiger partial charge in [-0.05, 0) is 12.3 Å². The Morgan fingerprint density at radius 1 is 1.17 bits per heavy atom. The van der Waals surface area contributed by atoms with Crippen LogP contribution in [0.25, 0.3) is 0 Å². The van der Waals surface area contributed by atoms with E-state index >= 15 is 0 Å². The molecular weight excluding hydrogens is 254 g/mol. The van der Waals surface area contributed by atoms with Crippen molar-refractivity contribution in [3.05, 3.63) is 0 Å². The third-order valence-corrected chi connectivity index (χ3v) is 5.55. The van der Waals surface area contributed by atoms with Crippen molar-refractivity contribution in [1.82, 2.24) is 4.31 Å². The molecule has 2 aliphatic heterocycles. The summed E-state index contributed by atoms with van der Waals surface area (Å²) in [4.78, 5) is 0.